The van der Waals surface area contributed by atoms with Crippen LogP contribution in [0.1, 0.15) is 7.06 Å². The maximum atomic E-state index is 10.2. The zero-order valence-electron chi connectivity index (χ0n) is 17.6. The Bertz CT molecular complexity index is 1020. The van der Waals surface area contributed by atoms with Gasteiger partial charge in [0.1, 0.15) is 36.2 Å². The maximum Gasteiger partial charge on any atom is 0.226 e. The van der Waals surface area contributed by atoms with Crippen LogP contribution in [-0.4, -0.2) is 95.4 Å². The molecule has 154 valence electrons. The van der Waals surface area contributed by atoms with Crippen molar-refractivity contribution in [1.82, 2.24) is 24.4 Å². The molecule has 4 heterocycles. The van der Waals surface area contributed by atoms with Crippen molar-refractivity contribution >= 4 is 17.7 Å². The van der Waals surface area contributed by atoms with E-state index in [0.717, 1.165) is 0 Å². The molecule has 5 atom stereocenters. The van der Waals surface area contributed by atoms with Crippen molar-refractivity contribution in [3.05, 3.63) is 24.1 Å². The minimum absolute atomic E-state index is 0.0850. The van der Waals surface area contributed by atoms with Crippen molar-refractivity contribution in [3.63, 3.8) is 0 Å². The second-order valence-electron chi connectivity index (χ2n) is 7.34. The highest BCUT2D eigenvalue weighted by atomic mass is 16.8. The van der Waals surface area contributed by atoms with Gasteiger partial charge in [-0.3, -0.25) is 4.90 Å². The number of fused-ring (bicyclic) bond motifs is 2. The number of hydrogen-bond donors (Lipinski definition) is 1. The molecule has 0 bridgehead atoms. The van der Waals surface area contributed by atoms with E-state index < -0.39 is 30.3 Å². The van der Waals surface area contributed by atoms with E-state index in [9.17, 15) is 10.4 Å². The Morgan fingerprint density at radius 1 is 1.45 bits per heavy atom. The molecule has 0 saturated carbocycles. The van der Waals surface area contributed by atoms with Crippen LogP contribution in [0.5, 0.6) is 0 Å². The molecule has 4 rings (SSSR count). The third-order valence-electron chi connectivity index (χ3n) is 4.84. The van der Waals surface area contributed by atoms with Crippen LogP contribution < -0.4 is 0 Å². The Morgan fingerprint density at radius 3 is 2.90 bits per heavy atom. The second-order valence-corrected chi connectivity index (χ2v) is 7.34. The summed E-state index contributed by atoms with van der Waals surface area (Å²) in [4.78, 5) is 11.9. The van der Waals surface area contributed by atoms with E-state index in [2.05, 4.69) is 21.1 Å². The summed E-state index contributed by atoms with van der Waals surface area (Å²) in [5, 5.41) is 24.3. The van der Waals surface area contributed by atoms with Gasteiger partial charge in [-0.2, -0.15) is 10.4 Å². The number of aliphatic hydroxyl groups is 1. The summed E-state index contributed by atoms with van der Waals surface area (Å²) in [5.74, 6) is 0.283. The molecule has 0 spiro atoms. The van der Waals surface area contributed by atoms with Gasteiger partial charge < -0.3 is 24.2 Å². The molecule has 11 nitrogen and oxygen atoms in total. The number of nitrogens with zero attached hydrogens (tertiary/aromatic N) is 7. The molecule has 2 saturated heterocycles. The summed E-state index contributed by atoms with van der Waals surface area (Å²) < 4.78 is 27.7. The van der Waals surface area contributed by atoms with Gasteiger partial charge in [0.15, 0.2) is 5.82 Å². The van der Waals surface area contributed by atoms with E-state index in [4.69, 9.17) is 15.6 Å². The third-order valence-corrected chi connectivity index (χ3v) is 4.84. The fourth-order valence-corrected chi connectivity index (χ4v) is 3.54. The van der Waals surface area contributed by atoms with E-state index in [0.29, 0.717) is 11.2 Å². The molecule has 2 fully saturated rings. The maximum absolute atomic E-state index is 10.2. The average Bonchev–Trinajstić information content (AvgIpc) is 3.38. The van der Waals surface area contributed by atoms with Crippen LogP contribution in [0.2, 0.25) is 0 Å². The zero-order chi connectivity index (χ0) is 21.6. The van der Waals surface area contributed by atoms with Crippen molar-refractivity contribution in [2.24, 2.45) is 4.99 Å². The lowest BCUT2D eigenvalue weighted by Crippen LogP contribution is -2.41. The molecule has 2 aliphatic rings. The lowest BCUT2D eigenvalue weighted by Gasteiger charge is -2.27. The van der Waals surface area contributed by atoms with Gasteiger partial charge in [0, 0.05) is 14.1 Å². The molecule has 0 aromatic carbocycles. The first-order valence-corrected chi connectivity index (χ1v) is 9.04. The summed E-state index contributed by atoms with van der Waals surface area (Å²) in [6, 6.07) is 3.77. The molecule has 0 amide bonds. The summed E-state index contributed by atoms with van der Waals surface area (Å²) in [6.45, 7) is -0.349. The first kappa shape index (κ1) is 18.4. The van der Waals surface area contributed by atoms with Crippen molar-refractivity contribution in [2.75, 3.05) is 34.8 Å². The number of aliphatic imine (C=N–C) groups is 1. The lowest BCUT2D eigenvalue weighted by atomic mass is 9.92. The normalized spacial score (nSPS) is 32.1. The summed E-state index contributed by atoms with van der Waals surface area (Å²) >= 11 is 0. The number of hydrogen-bond acceptors (Lipinski definition) is 9. The smallest absolute Gasteiger partial charge is 0.226 e. The van der Waals surface area contributed by atoms with Crippen LogP contribution in [0.3, 0.4) is 0 Å². The van der Waals surface area contributed by atoms with Crippen molar-refractivity contribution in [3.8, 4) is 6.07 Å². The SMILES string of the molecule is [2H]c1cc([C@]2(C#N)O[C@H](CO)[C@H]3OC(N(C)C)O[C@H]32)n2ncnc(N=CN(C)C)c12. The predicted octanol–water partition coefficient (Wildman–Crippen LogP) is -0.310. The Balaban J connectivity index is 1.86. The van der Waals surface area contributed by atoms with Gasteiger partial charge in [0.25, 0.3) is 0 Å². The molecular weight excluding hydrogens is 378 g/mol. The monoisotopic (exact) mass is 402 g/mol. The van der Waals surface area contributed by atoms with Crippen molar-refractivity contribution in [2.45, 2.75) is 30.3 Å². The van der Waals surface area contributed by atoms with Gasteiger partial charge >= 0.3 is 0 Å². The van der Waals surface area contributed by atoms with Crippen LogP contribution >= 0.6 is 0 Å². The van der Waals surface area contributed by atoms with E-state index in [1.807, 2.05) is 14.1 Å². The van der Waals surface area contributed by atoms with E-state index >= 15 is 0 Å². The van der Waals surface area contributed by atoms with Gasteiger partial charge in [-0.05, 0) is 26.2 Å². The molecule has 1 unspecified atom stereocenters. The first-order chi connectivity index (χ1) is 14.3. The minimum atomic E-state index is -1.64. The van der Waals surface area contributed by atoms with E-state index in [1.165, 1.54) is 16.9 Å². The number of aliphatic hydroxyl groups excluding tert-OH is 1. The third kappa shape index (κ3) is 3.06. The quantitative estimate of drug-likeness (QED) is 0.530. The number of rotatable bonds is 5. The standard InChI is InChI=1S/C18H23N7O4/c1-23(2)10-21-16-11-5-6-13(25(11)22-9-20-16)18(8-19)15-14(12(7-26)29-18)27-17(28-15)24(3)4/h5-6,9-10,12,14-15,17,26H,7H2,1-4H3/t12-,14-,15-,17?,18+/m1/s1/i5D. The number of aromatic nitrogens is 3. The second kappa shape index (κ2) is 7.33. The molecule has 2 aromatic heterocycles. The Morgan fingerprint density at radius 2 is 2.24 bits per heavy atom. The Labute approximate surface area is 169 Å². The lowest BCUT2D eigenvalue weighted by molar-refractivity contribution is -0.203. The summed E-state index contributed by atoms with van der Waals surface area (Å²) in [5.41, 5.74) is -1.01. The molecule has 2 aliphatic heterocycles. The fourth-order valence-electron chi connectivity index (χ4n) is 3.54. The number of nitriles is 1. The summed E-state index contributed by atoms with van der Waals surface area (Å²) in [7, 11) is 7.20. The predicted molar refractivity (Wildman–Crippen MR) is 101 cm³/mol. The minimum Gasteiger partial charge on any atom is -0.394 e. The summed E-state index contributed by atoms with van der Waals surface area (Å²) in [6.07, 6.45) is -0.0835. The molecule has 11 heteroatoms. The highest BCUT2D eigenvalue weighted by Gasteiger charge is 2.64. The zero-order valence-corrected chi connectivity index (χ0v) is 16.6. The van der Waals surface area contributed by atoms with Crippen LogP contribution in [0, 0.1) is 11.3 Å². The molecule has 0 radical (unpaired) electrons. The van der Waals surface area contributed by atoms with E-state index in [1.54, 1.807) is 30.2 Å². The van der Waals surface area contributed by atoms with E-state index in [-0.39, 0.29) is 18.5 Å². The molecule has 29 heavy (non-hydrogen) atoms. The van der Waals surface area contributed by atoms with Gasteiger partial charge in [-0.1, -0.05) is 0 Å². The fraction of sp³-hybridized carbons (Fsp3) is 0.556. The van der Waals surface area contributed by atoms with Crippen LogP contribution in [0.4, 0.5) is 5.82 Å². The topological polar surface area (TPSA) is 121 Å². The van der Waals surface area contributed by atoms with Gasteiger partial charge in [0.05, 0.1) is 20.0 Å². The van der Waals surface area contributed by atoms with Gasteiger partial charge in [-0.15, -0.1) is 0 Å². The molecule has 2 aromatic rings. The largest absolute Gasteiger partial charge is 0.394 e. The van der Waals surface area contributed by atoms with Crippen molar-refractivity contribution in [1.29, 1.82) is 5.26 Å². The Hall–Kier alpha value is -2.62. The molecule has 1 N–H and O–H groups in total. The van der Waals surface area contributed by atoms with Crippen LogP contribution in [0.25, 0.3) is 5.52 Å². The Kier molecular flexibility index (Phi) is 4.65. The van der Waals surface area contributed by atoms with Gasteiger partial charge in [0.2, 0.25) is 12.0 Å². The van der Waals surface area contributed by atoms with Crippen LogP contribution in [-0.2, 0) is 19.8 Å². The highest BCUT2D eigenvalue weighted by Crippen LogP contribution is 2.47. The highest BCUT2D eigenvalue weighted by molar-refractivity contribution is 5.71. The molecule has 0 aliphatic carbocycles. The molecular formula is C18H23N7O4. The number of ether oxygens (including phenoxy) is 3. The van der Waals surface area contributed by atoms with Gasteiger partial charge in [-0.25, -0.2) is 14.5 Å². The average molecular weight is 402 g/mol. The van der Waals surface area contributed by atoms with Crippen LogP contribution in [0.15, 0.2) is 23.4 Å². The van der Waals surface area contributed by atoms with Crippen molar-refractivity contribution < 1.29 is 20.7 Å². The first-order valence-electron chi connectivity index (χ1n) is 9.54.